The van der Waals surface area contributed by atoms with Crippen molar-refractivity contribution in [3.8, 4) is 0 Å². The Hall–Kier alpha value is -1.03. The van der Waals surface area contributed by atoms with Crippen LogP contribution < -0.4 is 5.32 Å². The minimum atomic E-state index is 0.315. The molecule has 1 rings (SSSR count). The second kappa shape index (κ2) is 4.87. The molecule has 0 saturated carbocycles. The lowest BCUT2D eigenvalue weighted by atomic mass is 10.3. The molecule has 0 radical (unpaired) electrons. The lowest BCUT2D eigenvalue weighted by Crippen LogP contribution is -2.23. The minimum Gasteiger partial charge on any atom is -0.380 e. The van der Waals surface area contributed by atoms with Gasteiger partial charge in [-0.2, -0.15) is 5.10 Å². The van der Waals surface area contributed by atoms with Crippen LogP contribution in [0, 0.1) is 0 Å². The molecule has 1 heterocycles. The third-order valence-corrected chi connectivity index (χ3v) is 1.79. The molecule has 1 aromatic heterocycles. The van der Waals surface area contributed by atoms with Gasteiger partial charge in [-0.1, -0.05) is 0 Å². The van der Waals surface area contributed by atoms with E-state index in [1.807, 2.05) is 24.7 Å². The van der Waals surface area contributed by atoms with Crippen molar-refractivity contribution in [1.82, 2.24) is 9.78 Å². The Morgan fingerprint density at radius 2 is 2.46 bits per heavy atom. The number of nitrogens with one attached hydrogen (secondary N) is 1. The van der Waals surface area contributed by atoms with Crippen LogP contribution in [0.15, 0.2) is 12.3 Å². The van der Waals surface area contributed by atoms with Crippen molar-refractivity contribution in [3.63, 3.8) is 0 Å². The highest BCUT2D eigenvalue weighted by Crippen LogP contribution is 2.05. The molecular weight excluding hydrogens is 166 g/mol. The number of hydrogen-bond acceptors (Lipinski definition) is 3. The molecule has 1 unspecified atom stereocenters. The topological polar surface area (TPSA) is 39.1 Å². The standard InChI is InChI=1S/C9H17N3O/c1-4-13-7-8(2)11-9-5-6-10-12(9)3/h5-6,8,11H,4,7H2,1-3H3. The Labute approximate surface area is 78.9 Å². The summed E-state index contributed by atoms with van der Waals surface area (Å²) in [6.45, 7) is 5.57. The number of aryl methyl sites for hydroxylation is 1. The second-order valence-corrected chi connectivity index (χ2v) is 3.04. The van der Waals surface area contributed by atoms with Crippen LogP contribution in [0.25, 0.3) is 0 Å². The monoisotopic (exact) mass is 183 g/mol. The van der Waals surface area contributed by atoms with Crippen molar-refractivity contribution >= 4 is 5.82 Å². The first kappa shape index (κ1) is 10.1. The van der Waals surface area contributed by atoms with E-state index < -0.39 is 0 Å². The summed E-state index contributed by atoms with van der Waals surface area (Å²) in [5, 5.41) is 7.36. The zero-order valence-electron chi connectivity index (χ0n) is 8.45. The predicted octanol–water partition coefficient (Wildman–Crippen LogP) is 1.26. The number of ether oxygens (including phenoxy) is 1. The van der Waals surface area contributed by atoms with Crippen LogP contribution in [0.5, 0.6) is 0 Å². The second-order valence-electron chi connectivity index (χ2n) is 3.04. The van der Waals surface area contributed by atoms with Crippen LogP contribution in [-0.4, -0.2) is 29.0 Å². The average Bonchev–Trinajstić information content (AvgIpc) is 2.48. The highest BCUT2D eigenvalue weighted by Gasteiger charge is 2.03. The molecule has 0 fully saturated rings. The van der Waals surface area contributed by atoms with Gasteiger partial charge in [0.25, 0.3) is 0 Å². The molecule has 0 spiro atoms. The molecule has 1 N–H and O–H groups in total. The fraction of sp³-hybridized carbons (Fsp3) is 0.667. The van der Waals surface area contributed by atoms with Crippen molar-refractivity contribution in [2.45, 2.75) is 19.9 Å². The number of anilines is 1. The Kier molecular flexibility index (Phi) is 3.76. The van der Waals surface area contributed by atoms with E-state index in [2.05, 4.69) is 17.3 Å². The van der Waals surface area contributed by atoms with Crippen molar-refractivity contribution in [3.05, 3.63) is 12.3 Å². The molecular formula is C9H17N3O. The lowest BCUT2D eigenvalue weighted by Gasteiger charge is -2.14. The minimum absolute atomic E-state index is 0.315. The number of hydrogen-bond donors (Lipinski definition) is 1. The van der Waals surface area contributed by atoms with Crippen LogP contribution in [0.4, 0.5) is 5.82 Å². The van der Waals surface area contributed by atoms with E-state index in [4.69, 9.17) is 4.74 Å². The van der Waals surface area contributed by atoms with Crippen molar-refractivity contribution in [1.29, 1.82) is 0 Å². The third kappa shape index (κ3) is 3.06. The van der Waals surface area contributed by atoms with Crippen LogP contribution in [0.2, 0.25) is 0 Å². The molecule has 13 heavy (non-hydrogen) atoms. The van der Waals surface area contributed by atoms with E-state index in [0.717, 1.165) is 19.0 Å². The zero-order chi connectivity index (χ0) is 9.68. The largest absolute Gasteiger partial charge is 0.380 e. The van der Waals surface area contributed by atoms with Crippen molar-refractivity contribution in [2.24, 2.45) is 7.05 Å². The summed E-state index contributed by atoms with van der Waals surface area (Å²) in [4.78, 5) is 0. The number of rotatable bonds is 5. The van der Waals surface area contributed by atoms with Gasteiger partial charge in [-0.3, -0.25) is 4.68 Å². The molecule has 1 aromatic rings. The van der Waals surface area contributed by atoms with Gasteiger partial charge in [0.2, 0.25) is 0 Å². The summed E-state index contributed by atoms with van der Waals surface area (Å²) in [6.07, 6.45) is 1.77. The van der Waals surface area contributed by atoms with E-state index in [1.54, 1.807) is 6.20 Å². The van der Waals surface area contributed by atoms with E-state index in [0.29, 0.717) is 6.04 Å². The molecule has 1 atom stereocenters. The van der Waals surface area contributed by atoms with Gasteiger partial charge in [-0.05, 0) is 13.8 Å². The smallest absolute Gasteiger partial charge is 0.124 e. The molecule has 4 heteroatoms. The zero-order valence-corrected chi connectivity index (χ0v) is 8.45. The molecule has 4 nitrogen and oxygen atoms in total. The molecule has 74 valence electrons. The Morgan fingerprint density at radius 1 is 1.69 bits per heavy atom. The molecule has 0 aromatic carbocycles. The summed E-state index contributed by atoms with van der Waals surface area (Å²) < 4.78 is 7.10. The van der Waals surface area contributed by atoms with Gasteiger partial charge in [-0.25, -0.2) is 0 Å². The fourth-order valence-corrected chi connectivity index (χ4v) is 1.10. The molecule has 0 saturated heterocycles. The van der Waals surface area contributed by atoms with Gasteiger partial charge in [0.15, 0.2) is 0 Å². The molecule has 0 amide bonds. The van der Waals surface area contributed by atoms with E-state index >= 15 is 0 Å². The Balaban J connectivity index is 2.36. The SMILES string of the molecule is CCOCC(C)Nc1ccnn1C. The summed E-state index contributed by atoms with van der Waals surface area (Å²) >= 11 is 0. The van der Waals surface area contributed by atoms with Gasteiger partial charge in [0.05, 0.1) is 12.8 Å². The van der Waals surface area contributed by atoms with Crippen LogP contribution >= 0.6 is 0 Å². The molecule has 0 aliphatic heterocycles. The van der Waals surface area contributed by atoms with E-state index in [9.17, 15) is 0 Å². The molecule has 0 aliphatic carbocycles. The predicted molar refractivity (Wildman–Crippen MR) is 52.8 cm³/mol. The summed E-state index contributed by atoms with van der Waals surface area (Å²) in [5.74, 6) is 1.02. The summed E-state index contributed by atoms with van der Waals surface area (Å²) in [5.41, 5.74) is 0. The molecule has 0 aliphatic rings. The van der Waals surface area contributed by atoms with Gasteiger partial charge in [0, 0.05) is 25.8 Å². The summed E-state index contributed by atoms with van der Waals surface area (Å²) in [7, 11) is 1.91. The first-order valence-corrected chi connectivity index (χ1v) is 4.56. The Morgan fingerprint density at radius 3 is 3.00 bits per heavy atom. The number of nitrogens with zero attached hydrogens (tertiary/aromatic N) is 2. The highest BCUT2D eigenvalue weighted by atomic mass is 16.5. The first-order chi connectivity index (χ1) is 6.24. The highest BCUT2D eigenvalue weighted by molar-refractivity contribution is 5.34. The Bertz CT molecular complexity index is 247. The van der Waals surface area contributed by atoms with Crippen LogP contribution in [0.3, 0.4) is 0 Å². The van der Waals surface area contributed by atoms with E-state index in [-0.39, 0.29) is 0 Å². The third-order valence-electron chi connectivity index (χ3n) is 1.79. The van der Waals surface area contributed by atoms with Gasteiger partial charge < -0.3 is 10.1 Å². The maximum Gasteiger partial charge on any atom is 0.124 e. The average molecular weight is 183 g/mol. The number of aromatic nitrogens is 2. The van der Waals surface area contributed by atoms with Crippen molar-refractivity contribution in [2.75, 3.05) is 18.5 Å². The van der Waals surface area contributed by atoms with Gasteiger partial charge in [0.1, 0.15) is 5.82 Å². The van der Waals surface area contributed by atoms with Gasteiger partial charge >= 0.3 is 0 Å². The summed E-state index contributed by atoms with van der Waals surface area (Å²) in [6, 6.07) is 2.26. The van der Waals surface area contributed by atoms with E-state index in [1.165, 1.54) is 0 Å². The van der Waals surface area contributed by atoms with Crippen LogP contribution in [0.1, 0.15) is 13.8 Å². The van der Waals surface area contributed by atoms with Gasteiger partial charge in [-0.15, -0.1) is 0 Å². The fourth-order valence-electron chi connectivity index (χ4n) is 1.10. The first-order valence-electron chi connectivity index (χ1n) is 4.56. The lowest BCUT2D eigenvalue weighted by molar-refractivity contribution is 0.141. The normalized spacial score (nSPS) is 12.8. The maximum atomic E-state index is 5.29. The van der Waals surface area contributed by atoms with Crippen molar-refractivity contribution < 1.29 is 4.74 Å². The molecule has 0 bridgehead atoms. The quantitative estimate of drug-likeness (QED) is 0.747. The maximum absolute atomic E-state index is 5.29. The van der Waals surface area contributed by atoms with Crippen LogP contribution in [-0.2, 0) is 11.8 Å².